The van der Waals surface area contributed by atoms with Gasteiger partial charge in [-0.05, 0) is 18.4 Å². The Labute approximate surface area is 150 Å². The van der Waals surface area contributed by atoms with Gasteiger partial charge in [0, 0.05) is 10.4 Å². The van der Waals surface area contributed by atoms with E-state index in [1.807, 2.05) is 0 Å². The molecule has 9 heteroatoms. The van der Waals surface area contributed by atoms with Gasteiger partial charge < -0.3 is 15.7 Å². The number of nitrogens with one attached hydrogen (secondary N) is 2. The standard InChI is InChI=1S/C17H15F3N2O3S/c1-9-4-6-10(7-5-9)14(23)12-13(11-3-2-8-26-11)21-15(24)22-16(12,25)17(18,19)20/h2-8,12-13,25H,1H3,(H2,21,22,24)/t12-,13+,16-/m1/s1. The quantitative estimate of drug-likeness (QED) is 0.712. The van der Waals surface area contributed by atoms with Gasteiger partial charge in [0.15, 0.2) is 5.78 Å². The van der Waals surface area contributed by atoms with E-state index < -0.39 is 35.7 Å². The number of amides is 2. The summed E-state index contributed by atoms with van der Waals surface area (Å²) in [6.07, 6.45) is -5.24. The smallest absolute Gasteiger partial charge is 0.363 e. The van der Waals surface area contributed by atoms with Gasteiger partial charge in [0.2, 0.25) is 5.72 Å². The van der Waals surface area contributed by atoms with Gasteiger partial charge in [-0.1, -0.05) is 35.9 Å². The number of hydrogen-bond acceptors (Lipinski definition) is 4. The number of carbonyl (C=O) groups excluding carboxylic acids is 2. The summed E-state index contributed by atoms with van der Waals surface area (Å²) in [6.45, 7) is 1.77. The third kappa shape index (κ3) is 3.08. The lowest BCUT2D eigenvalue weighted by molar-refractivity contribution is -0.287. The minimum absolute atomic E-state index is 0.0165. The molecule has 2 heterocycles. The van der Waals surface area contributed by atoms with Crippen LogP contribution < -0.4 is 10.6 Å². The van der Waals surface area contributed by atoms with Crippen LogP contribution in [0.1, 0.15) is 26.8 Å². The Balaban J connectivity index is 2.13. The zero-order valence-electron chi connectivity index (χ0n) is 13.5. The molecular weight excluding hydrogens is 369 g/mol. The first-order chi connectivity index (χ1) is 12.1. The van der Waals surface area contributed by atoms with E-state index in [4.69, 9.17) is 0 Å². The third-order valence-electron chi connectivity index (χ3n) is 4.27. The zero-order valence-corrected chi connectivity index (χ0v) is 14.3. The molecule has 138 valence electrons. The molecule has 2 aromatic rings. The van der Waals surface area contributed by atoms with Gasteiger partial charge in [-0.25, -0.2) is 4.79 Å². The summed E-state index contributed by atoms with van der Waals surface area (Å²) in [4.78, 5) is 25.1. The van der Waals surface area contributed by atoms with Gasteiger partial charge in [0.05, 0.1) is 6.04 Å². The molecular formula is C17H15F3N2O3S. The minimum Gasteiger partial charge on any atom is -0.363 e. The molecule has 1 aliphatic heterocycles. The molecule has 0 unspecified atom stereocenters. The van der Waals surface area contributed by atoms with E-state index in [0.717, 1.165) is 16.9 Å². The molecule has 3 rings (SSSR count). The van der Waals surface area contributed by atoms with Crippen LogP contribution >= 0.6 is 11.3 Å². The summed E-state index contributed by atoms with van der Waals surface area (Å²) in [6, 6.07) is 6.57. The number of rotatable bonds is 3. The highest BCUT2D eigenvalue weighted by molar-refractivity contribution is 7.10. The van der Waals surface area contributed by atoms with Crippen molar-refractivity contribution in [3.05, 3.63) is 57.8 Å². The Bertz CT molecular complexity index is 821. The highest BCUT2D eigenvalue weighted by Gasteiger charge is 2.66. The van der Waals surface area contributed by atoms with E-state index in [1.165, 1.54) is 23.5 Å². The first-order valence-electron chi connectivity index (χ1n) is 7.65. The number of ketones is 1. The molecule has 0 bridgehead atoms. The Morgan fingerprint density at radius 2 is 1.88 bits per heavy atom. The van der Waals surface area contributed by atoms with Crippen molar-refractivity contribution in [2.24, 2.45) is 5.92 Å². The summed E-state index contributed by atoms with van der Waals surface area (Å²) >= 11 is 1.09. The molecule has 3 N–H and O–H groups in total. The average molecular weight is 384 g/mol. The van der Waals surface area contributed by atoms with Gasteiger partial charge in [0.1, 0.15) is 5.92 Å². The number of thiophene rings is 1. The van der Waals surface area contributed by atoms with E-state index in [-0.39, 0.29) is 5.56 Å². The van der Waals surface area contributed by atoms with E-state index >= 15 is 0 Å². The normalized spacial score (nSPS) is 26.1. The highest BCUT2D eigenvalue weighted by atomic mass is 32.1. The van der Waals surface area contributed by atoms with Crippen LogP contribution in [0, 0.1) is 12.8 Å². The number of Topliss-reactive ketones (excluding diaryl/α,β-unsaturated/α-hetero) is 1. The second kappa shape index (κ2) is 6.40. The Morgan fingerprint density at radius 1 is 1.23 bits per heavy atom. The number of aliphatic hydroxyl groups is 1. The maximum atomic E-state index is 13.7. The third-order valence-corrected chi connectivity index (χ3v) is 5.23. The van der Waals surface area contributed by atoms with Crippen molar-refractivity contribution >= 4 is 23.2 Å². The van der Waals surface area contributed by atoms with Crippen molar-refractivity contribution in [2.45, 2.75) is 24.9 Å². The van der Waals surface area contributed by atoms with Crippen molar-refractivity contribution in [2.75, 3.05) is 0 Å². The monoisotopic (exact) mass is 384 g/mol. The average Bonchev–Trinajstić information content (AvgIpc) is 3.07. The van der Waals surface area contributed by atoms with Crippen LogP contribution in [0.4, 0.5) is 18.0 Å². The van der Waals surface area contributed by atoms with E-state index in [0.29, 0.717) is 4.88 Å². The van der Waals surface area contributed by atoms with Crippen LogP contribution in [0.25, 0.3) is 0 Å². The van der Waals surface area contributed by atoms with Crippen LogP contribution in [0.3, 0.4) is 0 Å². The van der Waals surface area contributed by atoms with E-state index in [9.17, 15) is 27.9 Å². The van der Waals surface area contributed by atoms with E-state index in [1.54, 1.807) is 30.5 Å². The molecule has 26 heavy (non-hydrogen) atoms. The largest absolute Gasteiger partial charge is 0.437 e. The maximum absolute atomic E-state index is 13.7. The van der Waals surface area contributed by atoms with Crippen molar-refractivity contribution in [3.8, 4) is 0 Å². The predicted molar refractivity (Wildman–Crippen MR) is 88.7 cm³/mol. The first kappa shape index (κ1) is 18.4. The molecule has 1 fully saturated rings. The fraction of sp³-hybridized carbons (Fsp3) is 0.294. The Kier molecular flexibility index (Phi) is 4.53. The van der Waals surface area contributed by atoms with Gasteiger partial charge in [-0.3, -0.25) is 4.79 Å². The fourth-order valence-corrected chi connectivity index (χ4v) is 3.76. The van der Waals surface area contributed by atoms with Gasteiger partial charge in [-0.15, -0.1) is 11.3 Å². The minimum atomic E-state index is -5.24. The van der Waals surface area contributed by atoms with Crippen molar-refractivity contribution in [1.29, 1.82) is 0 Å². The molecule has 0 radical (unpaired) electrons. The summed E-state index contributed by atoms with van der Waals surface area (Å²) in [5.41, 5.74) is -2.84. The number of aryl methyl sites for hydroxylation is 1. The number of halogens is 3. The highest BCUT2D eigenvalue weighted by Crippen LogP contribution is 2.44. The number of urea groups is 1. The molecule has 1 saturated heterocycles. The zero-order chi connectivity index (χ0) is 19.1. The fourth-order valence-electron chi connectivity index (χ4n) is 2.94. The number of benzene rings is 1. The second-order valence-corrected chi connectivity index (χ2v) is 7.04. The predicted octanol–water partition coefficient (Wildman–Crippen LogP) is 3.16. The summed E-state index contributed by atoms with van der Waals surface area (Å²) in [5.74, 6) is -2.91. The summed E-state index contributed by atoms with van der Waals surface area (Å²) in [7, 11) is 0. The lowest BCUT2D eigenvalue weighted by atomic mass is 9.79. The Hall–Kier alpha value is -2.39. The topological polar surface area (TPSA) is 78.4 Å². The van der Waals surface area contributed by atoms with Gasteiger partial charge >= 0.3 is 12.2 Å². The van der Waals surface area contributed by atoms with Crippen LogP contribution in [0.15, 0.2) is 41.8 Å². The van der Waals surface area contributed by atoms with Crippen LogP contribution in [-0.2, 0) is 0 Å². The summed E-state index contributed by atoms with van der Waals surface area (Å²) in [5, 5.41) is 15.8. The lowest BCUT2D eigenvalue weighted by Gasteiger charge is -2.44. The molecule has 5 nitrogen and oxygen atoms in total. The van der Waals surface area contributed by atoms with Crippen molar-refractivity contribution in [3.63, 3.8) is 0 Å². The van der Waals surface area contributed by atoms with Crippen LogP contribution in [-0.4, -0.2) is 28.8 Å². The Morgan fingerprint density at radius 3 is 2.42 bits per heavy atom. The SMILES string of the molecule is Cc1ccc(C(=O)[C@H]2[C@H](c3cccs3)NC(=O)N[C@]2(O)C(F)(F)F)cc1. The molecule has 1 aromatic carbocycles. The van der Waals surface area contributed by atoms with Crippen LogP contribution in [0.5, 0.6) is 0 Å². The number of carbonyl (C=O) groups is 2. The van der Waals surface area contributed by atoms with Crippen molar-refractivity contribution < 1.29 is 27.9 Å². The molecule has 0 aliphatic carbocycles. The summed E-state index contributed by atoms with van der Waals surface area (Å²) < 4.78 is 41.0. The second-order valence-electron chi connectivity index (χ2n) is 6.06. The number of hydrogen-bond donors (Lipinski definition) is 3. The van der Waals surface area contributed by atoms with Crippen molar-refractivity contribution in [1.82, 2.24) is 10.6 Å². The molecule has 2 amide bonds. The molecule has 3 atom stereocenters. The molecule has 0 saturated carbocycles. The number of alkyl halides is 3. The van der Waals surface area contributed by atoms with E-state index in [2.05, 4.69) is 5.32 Å². The lowest BCUT2D eigenvalue weighted by Crippen LogP contribution is -2.72. The first-order valence-corrected chi connectivity index (χ1v) is 8.53. The molecule has 0 spiro atoms. The van der Waals surface area contributed by atoms with Crippen LogP contribution in [0.2, 0.25) is 0 Å². The molecule has 1 aliphatic rings. The van der Waals surface area contributed by atoms with Gasteiger partial charge in [-0.2, -0.15) is 13.2 Å². The van der Waals surface area contributed by atoms with Gasteiger partial charge in [0.25, 0.3) is 0 Å². The molecule has 1 aromatic heterocycles. The maximum Gasteiger partial charge on any atom is 0.437 e.